The fraction of sp³-hybridized carbons (Fsp3) is 0.450. The smallest absolute Gasteiger partial charge is 0.407 e. The number of amides is 2. The number of nitrogens with zero attached hydrogens (tertiary/aromatic N) is 1. The summed E-state index contributed by atoms with van der Waals surface area (Å²) < 4.78 is 5.15. The Morgan fingerprint density at radius 2 is 1.86 bits per heavy atom. The molecule has 8 nitrogen and oxygen atoms in total. The van der Waals surface area contributed by atoms with E-state index >= 15 is 0 Å². The molecule has 0 saturated heterocycles. The van der Waals surface area contributed by atoms with Gasteiger partial charge in [-0.25, -0.2) is 4.79 Å². The average molecular weight is 515 g/mol. The van der Waals surface area contributed by atoms with Crippen molar-refractivity contribution in [1.82, 2.24) is 16.0 Å². The molecule has 0 aromatic heterocycles. The van der Waals surface area contributed by atoms with Crippen molar-refractivity contribution < 1.29 is 14.3 Å². The van der Waals surface area contributed by atoms with Crippen LogP contribution in [0.3, 0.4) is 0 Å². The zero-order valence-electron chi connectivity index (χ0n) is 17.3. The second-order valence-corrected chi connectivity index (χ2v) is 6.91. The first-order valence-corrected chi connectivity index (χ1v) is 9.01. The van der Waals surface area contributed by atoms with Crippen LogP contribution in [0.25, 0.3) is 0 Å². The first-order valence-electron chi connectivity index (χ1n) is 9.01. The number of anilines is 1. The van der Waals surface area contributed by atoms with Crippen LogP contribution < -0.4 is 21.3 Å². The van der Waals surface area contributed by atoms with Gasteiger partial charge in [-0.15, -0.1) is 30.4 Å². The van der Waals surface area contributed by atoms with Gasteiger partial charge in [0.15, 0.2) is 5.96 Å². The number of halogens is 1. The van der Waals surface area contributed by atoms with Crippen LogP contribution in [0.5, 0.6) is 0 Å². The summed E-state index contributed by atoms with van der Waals surface area (Å²) in [7, 11) is 1.61. The lowest BCUT2D eigenvalue weighted by Crippen LogP contribution is -2.42. The van der Waals surface area contributed by atoms with Gasteiger partial charge in [0, 0.05) is 31.4 Å². The number of ether oxygens (including phenoxy) is 1. The average Bonchev–Trinajstić information content (AvgIpc) is 2.62. The van der Waals surface area contributed by atoms with Crippen molar-refractivity contribution >= 4 is 47.6 Å². The highest BCUT2D eigenvalue weighted by atomic mass is 127. The number of carbonyl (C=O) groups is 2. The molecule has 0 aliphatic rings. The lowest BCUT2D eigenvalue weighted by atomic mass is 10.2. The highest BCUT2D eigenvalue weighted by Gasteiger charge is 2.15. The predicted molar refractivity (Wildman–Crippen MR) is 127 cm³/mol. The molecule has 0 saturated carbocycles. The second-order valence-electron chi connectivity index (χ2n) is 6.91. The van der Waals surface area contributed by atoms with Crippen LogP contribution in [-0.2, 0) is 9.53 Å². The molecule has 4 N–H and O–H groups in total. The SMILES string of the molecule is C#Cc1cccc(NC(=O)CNC(=NC)NCCCNC(=O)OC(C)(C)C)c1.I. The Hall–Kier alpha value is -2.48. The maximum absolute atomic E-state index is 12.0. The van der Waals surface area contributed by atoms with Gasteiger partial charge in [-0.2, -0.15) is 0 Å². The molecule has 2 amide bonds. The minimum Gasteiger partial charge on any atom is -0.444 e. The molecule has 0 spiro atoms. The molecule has 0 unspecified atom stereocenters. The Morgan fingerprint density at radius 1 is 1.17 bits per heavy atom. The standard InChI is InChI=1S/C20H29N5O3.HI/c1-6-15-9-7-10-16(13-15)25-17(26)14-24-18(21-5)22-11-8-12-23-19(27)28-20(2,3)4;/h1,7,9-10,13H,8,11-12,14H2,2-5H3,(H,23,27)(H,25,26)(H2,21,22,24);1H. The van der Waals surface area contributed by atoms with E-state index in [1.54, 1.807) is 31.3 Å². The summed E-state index contributed by atoms with van der Waals surface area (Å²) in [5.74, 6) is 2.79. The lowest BCUT2D eigenvalue weighted by molar-refractivity contribution is -0.115. The lowest BCUT2D eigenvalue weighted by Gasteiger charge is -2.19. The summed E-state index contributed by atoms with van der Waals surface area (Å²) in [6.07, 6.45) is 5.58. The van der Waals surface area contributed by atoms with E-state index in [1.807, 2.05) is 20.8 Å². The maximum Gasteiger partial charge on any atom is 0.407 e. The van der Waals surface area contributed by atoms with Gasteiger partial charge in [0.05, 0.1) is 6.54 Å². The van der Waals surface area contributed by atoms with Crippen LogP contribution >= 0.6 is 24.0 Å². The van der Waals surface area contributed by atoms with Crippen molar-refractivity contribution in [1.29, 1.82) is 0 Å². The largest absolute Gasteiger partial charge is 0.444 e. The second kappa shape index (κ2) is 13.7. The molecule has 9 heteroatoms. The highest BCUT2D eigenvalue weighted by molar-refractivity contribution is 14.0. The van der Waals surface area contributed by atoms with E-state index in [1.165, 1.54) is 0 Å². The fourth-order valence-electron chi connectivity index (χ4n) is 2.08. The summed E-state index contributed by atoms with van der Waals surface area (Å²) in [5, 5.41) is 11.4. The number of rotatable bonds is 7. The predicted octanol–water partition coefficient (Wildman–Crippen LogP) is 2.30. The Bertz CT molecular complexity index is 738. The van der Waals surface area contributed by atoms with Crippen molar-refractivity contribution in [3.63, 3.8) is 0 Å². The summed E-state index contributed by atoms with van der Waals surface area (Å²) in [6.45, 7) is 6.52. The van der Waals surface area contributed by atoms with E-state index in [-0.39, 0.29) is 36.4 Å². The molecule has 0 bridgehead atoms. The maximum atomic E-state index is 12.0. The highest BCUT2D eigenvalue weighted by Crippen LogP contribution is 2.09. The van der Waals surface area contributed by atoms with E-state index in [0.717, 1.165) is 0 Å². The summed E-state index contributed by atoms with van der Waals surface area (Å²) in [6, 6.07) is 7.06. The van der Waals surface area contributed by atoms with E-state index in [9.17, 15) is 9.59 Å². The minimum atomic E-state index is -0.517. The van der Waals surface area contributed by atoms with Gasteiger partial charge in [-0.05, 0) is 45.4 Å². The number of guanidine groups is 1. The number of nitrogens with one attached hydrogen (secondary N) is 4. The van der Waals surface area contributed by atoms with E-state index in [0.29, 0.717) is 36.7 Å². The molecule has 0 heterocycles. The number of benzene rings is 1. The van der Waals surface area contributed by atoms with Crippen molar-refractivity contribution in [2.45, 2.75) is 32.8 Å². The van der Waals surface area contributed by atoms with Crippen LogP contribution in [0.15, 0.2) is 29.3 Å². The fourth-order valence-corrected chi connectivity index (χ4v) is 2.08. The van der Waals surface area contributed by atoms with Crippen LogP contribution in [0.1, 0.15) is 32.8 Å². The van der Waals surface area contributed by atoms with Crippen LogP contribution in [0.4, 0.5) is 10.5 Å². The Labute approximate surface area is 189 Å². The number of aliphatic imine (C=N–C) groups is 1. The monoisotopic (exact) mass is 515 g/mol. The van der Waals surface area contributed by atoms with Crippen molar-refractivity contribution in [3.05, 3.63) is 29.8 Å². The van der Waals surface area contributed by atoms with E-state index < -0.39 is 11.7 Å². The molecule has 1 aromatic carbocycles. The molecule has 1 aromatic rings. The third kappa shape index (κ3) is 12.6. The van der Waals surface area contributed by atoms with E-state index in [2.05, 4.69) is 32.2 Å². The third-order valence-electron chi connectivity index (χ3n) is 3.27. The summed E-state index contributed by atoms with van der Waals surface area (Å²) >= 11 is 0. The molecular formula is C20H30IN5O3. The van der Waals surface area contributed by atoms with Gasteiger partial charge in [0.25, 0.3) is 0 Å². The van der Waals surface area contributed by atoms with Gasteiger partial charge in [0.2, 0.25) is 5.91 Å². The molecular weight excluding hydrogens is 485 g/mol. The van der Waals surface area contributed by atoms with Gasteiger partial charge in [-0.3, -0.25) is 9.79 Å². The Balaban J connectivity index is 0.00000784. The van der Waals surface area contributed by atoms with Gasteiger partial charge >= 0.3 is 6.09 Å². The first kappa shape index (κ1) is 26.5. The Kier molecular flexibility index (Phi) is 12.5. The van der Waals surface area contributed by atoms with Gasteiger partial charge in [0.1, 0.15) is 5.60 Å². The van der Waals surface area contributed by atoms with Crippen LogP contribution in [-0.4, -0.2) is 50.2 Å². The molecule has 0 fully saturated rings. The minimum absolute atomic E-state index is 0. The first-order chi connectivity index (χ1) is 13.2. The number of terminal acetylenes is 1. The molecule has 0 atom stereocenters. The zero-order valence-corrected chi connectivity index (χ0v) is 19.6. The topological polar surface area (TPSA) is 104 Å². The normalized spacial score (nSPS) is 10.8. The Morgan fingerprint density at radius 3 is 2.48 bits per heavy atom. The molecule has 0 aliphatic heterocycles. The number of carbonyl (C=O) groups excluding carboxylic acids is 2. The quantitative estimate of drug-likeness (QED) is 0.147. The number of hydrogen-bond donors (Lipinski definition) is 4. The van der Waals surface area contributed by atoms with Gasteiger partial charge in [-0.1, -0.05) is 12.0 Å². The van der Waals surface area contributed by atoms with Gasteiger partial charge < -0.3 is 26.0 Å². The molecule has 0 radical (unpaired) electrons. The van der Waals surface area contributed by atoms with Crippen molar-refractivity contribution in [3.8, 4) is 12.3 Å². The number of hydrogen-bond acceptors (Lipinski definition) is 4. The van der Waals surface area contributed by atoms with Crippen LogP contribution in [0.2, 0.25) is 0 Å². The van der Waals surface area contributed by atoms with Crippen molar-refractivity contribution in [2.24, 2.45) is 4.99 Å². The number of alkyl carbamates (subject to hydrolysis) is 1. The summed E-state index contributed by atoms with van der Waals surface area (Å²) in [4.78, 5) is 27.6. The van der Waals surface area contributed by atoms with Crippen LogP contribution in [0, 0.1) is 12.3 Å². The molecule has 160 valence electrons. The molecule has 29 heavy (non-hydrogen) atoms. The third-order valence-corrected chi connectivity index (χ3v) is 3.27. The van der Waals surface area contributed by atoms with Crippen molar-refractivity contribution in [2.75, 3.05) is 32.0 Å². The zero-order chi connectivity index (χ0) is 21.0. The molecule has 0 aliphatic carbocycles. The summed E-state index contributed by atoms with van der Waals surface area (Å²) in [5.41, 5.74) is 0.818. The van der Waals surface area contributed by atoms with E-state index in [4.69, 9.17) is 11.2 Å². The molecule has 1 rings (SSSR count).